The Labute approximate surface area is 120 Å². The number of hydrogen-bond donors (Lipinski definition) is 1. The number of nitrogens with zero attached hydrogens (tertiary/aromatic N) is 2. The maximum absolute atomic E-state index is 12.3. The number of aryl methyl sites for hydroxylation is 1. The van der Waals surface area contributed by atoms with Crippen molar-refractivity contribution in [3.8, 4) is 0 Å². The number of para-hydroxylation sites is 2. The van der Waals surface area contributed by atoms with Gasteiger partial charge in [-0.3, -0.25) is 10.2 Å². The summed E-state index contributed by atoms with van der Waals surface area (Å²) in [5, 5.41) is 10.2. The molecule has 0 saturated heterocycles. The highest BCUT2D eigenvalue weighted by Crippen LogP contribution is 2.15. The van der Waals surface area contributed by atoms with Crippen LogP contribution < -0.4 is 5.62 Å². The van der Waals surface area contributed by atoms with Gasteiger partial charge in [0.1, 0.15) is 0 Å². The molecular formula is C15H15N3OS. The summed E-state index contributed by atoms with van der Waals surface area (Å²) in [5.74, 6) is 0.0532. The Bertz CT molecular complexity index is 811. The van der Waals surface area contributed by atoms with E-state index in [2.05, 4.69) is 0 Å². The summed E-state index contributed by atoms with van der Waals surface area (Å²) in [6.07, 6.45) is 0. The van der Waals surface area contributed by atoms with Crippen LogP contribution in [0.3, 0.4) is 0 Å². The van der Waals surface area contributed by atoms with Crippen LogP contribution in [-0.4, -0.2) is 14.9 Å². The molecule has 4 nitrogen and oxygen atoms in total. The second kappa shape index (κ2) is 5.09. The normalized spacial score (nSPS) is 11.1. The van der Waals surface area contributed by atoms with E-state index >= 15 is 0 Å². The summed E-state index contributed by atoms with van der Waals surface area (Å²) < 4.78 is 3.69. The van der Waals surface area contributed by atoms with E-state index in [9.17, 15) is 4.79 Å². The molecule has 2 heterocycles. The van der Waals surface area contributed by atoms with Gasteiger partial charge in [-0.05, 0) is 30.5 Å². The van der Waals surface area contributed by atoms with Gasteiger partial charge in [-0.1, -0.05) is 18.2 Å². The molecule has 0 unspecified atom stereocenters. The third kappa shape index (κ3) is 2.00. The molecule has 20 heavy (non-hydrogen) atoms. The van der Waals surface area contributed by atoms with Crippen molar-refractivity contribution < 1.29 is 4.79 Å². The number of aromatic nitrogens is 2. The Morgan fingerprint density at radius 2 is 1.85 bits per heavy atom. The van der Waals surface area contributed by atoms with Crippen molar-refractivity contribution in [2.45, 2.75) is 20.0 Å². The number of rotatable bonds is 4. The van der Waals surface area contributed by atoms with Crippen LogP contribution >= 0.6 is 11.3 Å². The van der Waals surface area contributed by atoms with Gasteiger partial charge >= 0.3 is 0 Å². The van der Waals surface area contributed by atoms with Gasteiger partial charge in [0.05, 0.1) is 22.5 Å². The summed E-state index contributed by atoms with van der Waals surface area (Å²) in [5.41, 5.74) is 2.31. The highest BCUT2D eigenvalue weighted by Gasteiger charge is 2.14. The van der Waals surface area contributed by atoms with E-state index in [1.807, 2.05) is 53.3 Å². The van der Waals surface area contributed by atoms with Gasteiger partial charge in [-0.25, -0.2) is 0 Å². The van der Waals surface area contributed by atoms with E-state index in [-0.39, 0.29) is 12.3 Å². The van der Waals surface area contributed by atoms with E-state index < -0.39 is 0 Å². The molecule has 1 aromatic carbocycles. The zero-order valence-corrected chi connectivity index (χ0v) is 12.0. The van der Waals surface area contributed by atoms with E-state index in [0.717, 1.165) is 22.5 Å². The van der Waals surface area contributed by atoms with Gasteiger partial charge in [0.25, 0.3) is 0 Å². The monoisotopic (exact) mass is 285 g/mol. The van der Waals surface area contributed by atoms with Gasteiger partial charge in [-0.15, -0.1) is 11.3 Å². The van der Waals surface area contributed by atoms with Gasteiger partial charge < -0.3 is 9.13 Å². The van der Waals surface area contributed by atoms with E-state index in [0.29, 0.717) is 5.62 Å². The minimum Gasteiger partial charge on any atom is -0.311 e. The second-order valence-electron chi connectivity index (χ2n) is 4.54. The first kappa shape index (κ1) is 12.9. The van der Waals surface area contributed by atoms with Crippen molar-refractivity contribution in [1.82, 2.24) is 9.13 Å². The summed E-state index contributed by atoms with van der Waals surface area (Å²) in [6, 6.07) is 11.5. The number of benzene rings is 1. The molecule has 0 amide bonds. The summed E-state index contributed by atoms with van der Waals surface area (Å²) in [4.78, 5) is 13.0. The van der Waals surface area contributed by atoms with Gasteiger partial charge in [0.2, 0.25) is 5.62 Å². The van der Waals surface area contributed by atoms with Crippen molar-refractivity contribution >= 4 is 28.2 Å². The first-order valence-corrected chi connectivity index (χ1v) is 7.39. The minimum atomic E-state index is 0.0532. The van der Waals surface area contributed by atoms with Crippen molar-refractivity contribution in [3.63, 3.8) is 0 Å². The Balaban J connectivity index is 2.10. The number of carbonyl (C=O) groups is 1. The van der Waals surface area contributed by atoms with Crippen LogP contribution in [0.2, 0.25) is 0 Å². The molecule has 102 valence electrons. The Morgan fingerprint density at radius 1 is 1.15 bits per heavy atom. The Morgan fingerprint density at radius 3 is 2.45 bits per heavy atom. The highest BCUT2D eigenvalue weighted by molar-refractivity contribution is 7.12. The van der Waals surface area contributed by atoms with Crippen LogP contribution in [-0.2, 0) is 13.1 Å². The summed E-state index contributed by atoms with van der Waals surface area (Å²) in [7, 11) is 0. The maximum Gasteiger partial charge on any atom is 0.203 e. The summed E-state index contributed by atoms with van der Waals surface area (Å²) in [6.45, 7) is 2.95. The van der Waals surface area contributed by atoms with Crippen LogP contribution in [0.4, 0.5) is 0 Å². The highest BCUT2D eigenvalue weighted by atomic mass is 32.1. The maximum atomic E-state index is 12.3. The van der Waals surface area contributed by atoms with Crippen LogP contribution in [0, 0.1) is 5.41 Å². The number of imidazole rings is 1. The predicted octanol–water partition coefficient (Wildman–Crippen LogP) is 2.89. The lowest BCUT2D eigenvalue weighted by molar-refractivity contribution is 0.0975. The molecule has 0 fully saturated rings. The van der Waals surface area contributed by atoms with Gasteiger partial charge in [0, 0.05) is 6.54 Å². The lowest BCUT2D eigenvalue weighted by Gasteiger charge is -2.02. The van der Waals surface area contributed by atoms with Gasteiger partial charge in [0.15, 0.2) is 5.78 Å². The van der Waals surface area contributed by atoms with Crippen molar-refractivity contribution in [2.75, 3.05) is 0 Å². The molecule has 0 saturated carbocycles. The number of fused-ring (bicyclic) bond motifs is 1. The van der Waals surface area contributed by atoms with Crippen LogP contribution in [0.25, 0.3) is 11.0 Å². The number of ketones is 1. The fourth-order valence-electron chi connectivity index (χ4n) is 2.43. The molecule has 0 atom stereocenters. The molecular weight excluding hydrogens is 270 g/mol. The minimum absolute atomic E-state index is 0.0532. The van der Waals surface area contributed by atoms with Crippen molar-refractivity contribution in [3.05, 3.63) is 52.3 Å². The first-order chi connectivity index (χ1) is 9.72. The van der Waals surface area contributed by atoms with Crippen molar-refractivity contribution in [2.24, 2.45) is 0 Å². The third-order valence-corrected chi connectivity index (χ3v) is 4.30. The van der Waals surface area contributed by atoms with Crippen LogP contribution in [0.1, 0.15) is 16.6 Å². The number of thiophene rings is 1. The van der Waals surface area contributed by atoms with E-state index in [1.54, 1.807) is 4.57 Å². The molecule has 5 heteroatoms. The molecule has 0 aliphatic heterocycles. The number of carbonyl (C=O) groups excluding carboxylic acids is 1. The third-order valence-electron chi connectivity index (χ3n) is 3.39. The largest absolute Gasteiger partial charge is 0.311 e. The first-order valence-electron chi connectivity index (χ1n) is 6.51. The lowest BCUT2D eigenvalue weighted by Crippen LogP contribution is -2.26. The molecule has 0 radical (unpaired) electrons. The molecule has 0 aliphatic rings. The fraction of sp³-hybridized carbons (Fsp3) is 0.200. The quantitative estimate of drug-likeness (QED) is 0.736. The molecule has 0 spiro atoms. The topological polar surface area (TPSA) is 50.8 Å². The average Bonchev–Trinajstić information content (AvgIpc) is 3.07. The number of Topliss-reactive ketones (excluding diaryl/α,β-unsaturated/α-hetero) is 1. The zero-order chi connectivity index (χ0) is 14.1. The lowest BCUT2D eigenvalue weighted by atomic mass is 10.3. The van der Waals surface area contributed by atoms with Gasteiger partial charge in [-0.2, -0.15) is 0 Å². The van der Waals surface area contributed by atoms with E-state index in [1.165, 1.54) is 11.3 Å². The fourth-order valence-corrected chi connectivity index (χ4v) is 3.09. The SMILES string of the molecule is CCn1c(=N)n(CC(=O)c2cccs2)c2ccccc21. The Hall–Kier alpha value is -2.14. The number of hydrogen-bond acceptors (Lipinski definition) is 3. The molecule has 0 bridgehead atoms. The molecule has 3 aromatic rings. The van der Waals surface area contributed by atoms with Crippen LogP contribution in [0.5, 0.6) is 0 Å². The van der Waals surface area contributed by atoms with Crippen LogP contribution in [0.15, 0.2) is 41.8 Å². The predicted molar refractivity (Wildman–Crippen MR) is 80.1 cm³/mol. The Kier molecular flexibility index (Phi) is 3.28. The molecule has 2 aromatic heterocycles. The molecule has 3 rings (SSSR count). The van der Waals surface area contributed by atoms with Crippen molar-refractivity contribution in [1.29, 1.82) is 5.41 Å². The number of nitrogens with one attached hydrogen (secondary N) is 1. The standard InChI is InChI=1S/C15H15N3OS/c1-2-17-11-6-3-4-7-12(11)18(15(17)16)10-13(19)14-8-5-9-20-14/h3-9,16H,2,10H2,1H3. The average molecular weight is 285 g/mol. The zero-order valence-electron chi connectivity index (χ0n) is 11.2. The second-order valence-corrected chi connectivity index (χ2v) is 5.49. The molecule has 1 N–H and O–H groups in total. The molecule has 0 aliphatic carbocycles. The van der Waals surface area contributed by atoms with E-state index in [4.69, 9.17) is 5.41 Å². The smallest absolute Gasteiger partial charge is 0.203 e. The summed E-state index contributed by atoms with van der Waals surface area (Å²) >= 11 is 1.44.